The molecule has 0 amide bonds. The molecular formula is C19H30O3. The maximum absolute atomic E-state index is 9.47. The van der Waals surface area contributed by atoms with E-state index >= 15 is 0 Å². The number of benzene rings is 1. The highest BCUT2D eigenvalue weighted by Crippen LogP contribution is 2.31. The Hall–Kier alpha value is -1.32. The zero-order chi connectivity index (χ0) is 16.7. The van der Waals surface area contributed by atoms with Crippen LogP contribution in [0.3, 0.4) is 0 Å². The van der Waals surface area contributed by atoms with Crippen molar-refractivity contribution in [2.45, 2.75) is 46.3 Å². The van der Waals surface area contributed by atoms with Crippen LogP contribution in [0.2, 0.25) is 0 Å². The summed E-state index contributed by atoms with van der Waals surface area (Å²) >= 11 is 0. The van der Waals surface area contributed by atoms with Crippen LogP contribution in [0.15, 0.2) is 36.4 Å². The lowest BCUT2D eigenvalue weighted by Crippen LogP contribution is -2.31. The molecule has 0 heterocycles. The Morgan fingerprint density at radius 1 is 1.18 bits per heavy atom. The zero-order valence-corrected chi connectivity index (χ0v) is 14.5. The van der Waals surface area contributed by atoms with Gasteiger partial charge in [-0.25, -0.2) is 0 Å². The Labute approximate surface area is 135 Å². The van der Waals surface area contributed by atoms with Gasteiger partial charge in [0.2, 0.25) is 0 Å². The fraction of sp³-hybridized carbons (Fsp3) is 0.579. The minimum atomic E-state index is -0.0511. The van der Waals surface area contributed by atoms with Gasteiger partial charge in [-0.15, -0.1) is 6.58 Å². The van der Waals surface area contributed by atoms with Crippen molar-refractivity contribution in [1.82, 2.24) is 0 Å². The zero-order valence-electron chi connectivity index (χ0n) is 14.5. The molecule has 1 N–H and O–H groups in total. The highest BCUT2D eigenvalue weighted by atomic mass is 16.5. The molecule has 0 aliphatic heterocycles. The van der Waals surface area contributed by atoms with Crippen molar-refractivity contribution < 1.29 is 14.6 Å². The highest BCUT2D eigenvalue weighted by molar-refractivity contribution is 5.29. The van der Waals surface area contributed by atoms with Gasteiger partial charge in [0.15, 0.2) is 0 Å². The predicted molar refractivity (Wildman–Crippen MR) is 91.1 cm³/mol. The molecule has 0 saturated heterocycles. The normalized spacial score (nSPS) is 15.4. The van der Waals surface area contributed by atoms with Crippen molar-refractivity contribution in [1.29, 1.82) is 0 Å². The minimum Gasteiger partial charge on any atom is -0.497 e. The van der Waals surface area contributed by atoms with Crippen LogP contribution >= 0.6 is 0 Å². The first-order chi connectivity index (χ1) is 10.4. The van der Waals surface area contributed by atoms with Crippen LogP contribution in [0, 0.1) is 11.8 Å². The third-order valence-electron chi connectivity index (χ3n) is 3.85. The molecule has 1 aromatic carbocycles. The standard InChI is InChI=1S/C19H30O3/c1-13(2)11-18(16-7-9-17(21-6)10-8-16)22-19(14(3)4)15(5)12-20/h7-10,14-15,18-20H,1,11-12H2,2-6H3/t15-,18-,19+/m0/s1. The number of rotatable bonds is 9. The summed E-state index contributed by atoms with van der Waals surface area (Å²) in [6.45, 7) is 12.4. The van der Waals surface area contributed by atoms with Crippen molar-refractivity contribution in [2.75, 3.05) is 13.7 Å². The maximum Gasteiger partial charge on any atom is 0.118 e. The van der Waals surface area contributed by atoms with Gasteiger partial charge in [-0.1, -0.05) is 38.5 Å². The molecule has 22 heavy (non-hydrogen) atoms. The van der Waals surface area contributed by atoms with Gasteiger partial charge in [0.25, 0.3) is 0 Å². The monoisotopic (exact) mass is 306 g/mol. The van der Waals surface area contributed by atoms with Crippen molar-refractivity contribution in [3.05, 3.63) is 42.0 Å². The molecule has 1 aromatic rings. The Bertz CT molecular complexity index is 450. The molecule has 0 aliphatic carbocycles. The Morgan fingerprint density at radius 2 is 1.77 bits per heavy atom. The van der Waals surface area contributed by atoms with Crippen LogP contribution in [0.5, 0.6) is 5.75 Å². The topological polar surface area (TPSA) is 38.7 Å². The van der Waals surface area contributed by atoms with E-state index in [1.54, 1.807) is 7.11 Å². The van der Waals surface area contributed by atoms with Crippen LogP contribution in [0.1, 0.15) is 45.8 Å². The molecule has 0 fully saturated rings. The Balaban J connectivity index is 2.97. The van der Waals surface area contributed by atoms with Crippen molar-refractivity contribution in [3.8, 4) is 5.75 Å². The number of hydrogen-bond acceptors (Lipinski definition) is 3. The minimum absolute atomic E-state index is 0.0106. The van der Waals surface area contributed by atoms with Crippen LogP contribution < -0.4 is 4.74 Å². The van der Waals surface area contributed by atoms with E-state index in [4.69, 9.17) is 9.47 Å². The number of hydrogen-bond donors (Lipinski definition) is 1. The van der Waals surface area contributed by atoms with E-state index < -0.39 is 0 Å². The summed E-state index contributed by atoms with van der Waals surface area (Å²) in [5.41, 5.74) is 2.19. The van der Waals surface area contributed by atoms with Crippen LogP contribution in [0.4, 0.5) is 0 Å². The van der Waals surface area contributed by atoms with Gasteiger partial charge in [-0.05, 0) is 37.0 Å². The third kappa shape index (κ3) is 5.47. The van der Waals surface area contributed by atoms with E-state index in [9.17, 15) is 5.11 Å². The maximum atomic E-state index is 9.47. The van der Waals surface area contributed by atoms with Gasteiger partial charge in [-0.2, -0.15) is 0 Å². The second-order valence-corrected chi connectivity index (χ2v) is 6.43. The van der Waals surface area contributed by atoms with Gasteiger partial charge in [0, 0.05) is 12.5 Å². The van der Waals surface area contributed by atoms with Gasteiger partial charge in [0.1, 0.15) is 5.75 Å². The van der Waals surface area contributed by atoms with Gasteiger partial charge in [-0.3, -0.25) is 0 Å². The molecule has 3 heteroatoms. The van der Waals surface area contributed by atoms with E-state index in [2.05, 4.69) is 20.4 Å². The summed E-state index contributed by atoms with van der Waals surface area (Å²) in [4.78, 5) is 0. The van der Waals surface area contributed by atoms with E-state index in [0.29, 0.717) is 5.92 Å². The third-order valence-corrected chi connectivity index (χ3v) is 3.85. The van der Waals surface area contributed by atoms with E-state index in [1.807, 2.05) is 38.1 Å². The lowest BCUT2D eigenvalue weighted by atomic mass is 9.94. The van der Waals surface area contributed by atoms with Crippen molar-refractivity contribution in [3.63, 3.8) is 0 Å². The summed E-state index contributed by atoms with van der Waals surface area (Å²) in [6, 6.07) is 7.97. The van der Waals surface area contributed by atoms with E-state index in [0.717, 1.165) is 23.3 Å². The first-order valence-electron chi connectivity index (χ1n) is 7.93. The highest BCUT2D eigenvalue weighted by Gasteiger charge is 2.25. The van der Waals surface area contributed by atoms with Gasteiger partial charge < -0.3 is 14.6 Å². The van der Waals surface area contributed by atoms with Crippen LogP contribution in [-0.2, 0) is 4.74 Å². The first-order valence-corrected chi connectivity index (χ1v) is 7.93. The number of aliphatic hydroxyl groups is 1. The average molecular weight is 306 g/mol. The fourth-order valence-electron chi connectivity index (χ4n) is 2.62. The molecule has 0 saturated carbocycles. The summed E-state index contributed by atoms with van der Waals surface area (Å²) < 4.78 is 11.6. The summed E-state index contributed by atoms with van der Waals surface area (Å²) in [6.07, 6.45) is 0.731. The summed E-state index contributed by atoms with van der Waals surface area (Å²) in [5.74, 6) is 1.28. The van der Waals surface area contributed by atoms with E-state index in [-0.39, 0.29) is 24.7 Å². The van der Waals surface area contributed by atoms with Gasteiger partial charge in [0.05, 0.1) is 19.3 Å². The van der Waals surface area contributed by atoms with E-state index in [1.165, 1.54) is 0 Å². The second kappa shape index (κ2) is 8.96. The van der Waals surface area contributed by atoms with Crippen molar-refractivity contribution >= 4 is 0 Å². The number of ether oxygens (including phenoxy) is 2. The first kappa shape index (κ1) is 18.7. The molecule has 0 unspecified atom stereocenters. The molecule has 3 nitrogen and oxygen atoms in total. The largest absolute Gasteiger partial charge is 0.497 e. The molecule has 0 spiro atoms. The lowest BCUT2D eigenvalue weighted by molar-refractivity contribution is -0.0743. The smallest absolute Gasteiger partial charge is 0.118 e. The van der Waals surface area contributed by atoms with Gasteiger partial charge >= 0.3 is 0 Å². The summed E-state index contributed by atoms with van der Waals surface area (Å²) in [7, 11) is 1.66. The quantitative estimate of drug-likeness (QED) is 0.688. The number of methoxy groups -OCH3 is 1. The molecule has 1 rings (SSSR count). The lowest BCUT2D eigenvalue weighted by Gasteiger charge is -2.31. The van der Waals surface area contributed by atoms with Crippen LogP contribution in [-0.4, -0.2) is 24.9 Å². The molecule has 3 atom stereocenters. The molecule has 0 bridgehead atoms. The fourth-order valence-corrected chi connectivity index (χ4v) is 2.62. The molecule has 0 aromatic heterocycles. The van der Waals surface area contributed by atoms with Crippen molar-refractivity contribution in [2.24, 2.45) is 11.8 Å². The SMILES string of the molecule is C=C(C)C[C@H](O[C@H](C(C)C)[C@@H](C)CO)c1ccc(OC)cc1. The Morgan fingerprint density at radius 3 is 2.18 bits per heavy atom. The number of aliphatic hydroxyl groups excluding tert-OH is 1. The molecule has 0 radical (unpaired) electrons. The second-order valence-electron chi connectivity index (χ2n) is 6.43. The summed E-state index contributed by atoms with van der Waals surface area (Å²) in [5, 5.41) is 9.47. The Kier molecular flexibility index (Phi) is 7.63. The molecular weight excluding hydrogens is 276 g/mol. The molecule has 0 aliphatic rings. The predicted octanol–water partition coefficient (Wildman–Crippen LogP) is 4.37. The average Bonchev–Trinajstić information content (AvgIpc) is 2.50. The molecule has 124 valence electrons. The van der Waals surface area contributed by atoms with Crippen LogP contribution in [0.25, 0.3) is 0 Å².